The molecule has 1 aromatic heterocycles. The fourth-order valence-electron chi connectivity index (χ4n) is 2.75. The number of aromatic nitrogens is 2. The number of nitrogens with one attached hydrogen (secondary N) is 1. The van der Waals surface area contributed by atoms with Crippen LogP contribution in [0.3, 0.4) is 0 Å². The summed E-state index contributed by atoms with van der Waals surface area (Å²) < 4.78 is 28.0. The number of benzene rings is 2. The molecular formula is C21H19F2N3O. The van der Waals surface area contributed by atoms with Crippen molar-refractivity contribution in [3.05, 3.63) is 88.8 Å². The van der Waals surface area contributed by atoms with Crippen molar-refractivity contribution in [2.45, 2.75) is 20.4 Å². The molecule has 0 fully saturated rings. The third-order valence-electron chi connectivity index (χ3n) is 4.15. The van der Waals surface area contributed by atoms with E-state index in [1.165, 1.54) is 30.3 Å². The van der Waals surface area contributed by atoms with Gasteiger partial charge >= 0.3 is 0 Å². The number of carbonyl (C=O) groups is 1. The minimum Gasteiger partial charge on any atom is -0.319 e. The molecule has 3 rings (SSSR count). The summed E-state index contributed by atoms with van der Waals surface area (Å²) in [6, 6.07) is 12.2. The molecule has 3 aromatic rings. The van der Waals surface area contributed by atoms with Gasteiger partial charge in [0.15, 0.2) is 0 Å². The quantitative estimate of drug-likeness (QED) is 0.676. The molecule has 0 radical (unpaired) electrons. The van der Waals surface area contributed by atoms with Crippen molar-refractivity contribution >= 4 is 17.7 Å². The third-order valence-corrected chi connectivity index (χ3v) is 4.15. The van der Waals surface area contributed by atoms with Gasteiger partial charge in [0.2, 0.25) is 5.91 Å². The fourth-order valence-corrected chi connectivity index (χ4v) is 2.75. The highest BCUT2D eigenvalue weighted by Crippen LogP contribution is 2.21. The van der Waals surface area contributed by atoms with Crippen LogP contribution >= 0.6 is 0 Å². The summed E-state index contributed by atoms with van der Waals surface area (Å²) in [6.07, 6.45) is 2.99. The van der Waals surface area contributed by atoms with Gasteiger partial charge in [-0.1, -0.05) is 24.3 Å². The molecule has 4 nitrogen and oxygen atoms in total. The molecule has 0 aliphatic carbocycles. The van der Waals surface area contributed by atoms with E-state index in [2.05, 4.69) is 10.4 Å². The lowest BCUT2D eigenvalue weighted by Gasteiger charge is -2.06. The van der Waals surface area contributed by atoms with Gasteiger partial charge in [-0.3, -0.25) is 9.48 Å². The van der Waals surface area contributed by atoms with E-state index in [-0.39, 0.29) is 17.5 Å². The molecule has 0 spiro atoms. The summed E-state index contributed by atoms with van der Waals surface area (Å²) in [5.74, 6) is -0.933. The minimum atomic E-state index is -0.325. The van der Waals surface area contributed by atoms with Crippen LogP contribution < -0.4 is 5.32 Å². The Bertz CT molecular complexity index is 991. The Hall–Kier alpha value is -3.28. The van der Waals surface area contributed by atoms with Gasteiger partial charge in [-0.15, -0.1) is 0 Å². The number of hydrogen-bond donors (Lipinski definition) is 1. The van der Waals surface area contributed by atoms with Crippen LogP contribution in [0.1, 0.15) is 22.5 Å². The van der Waals surface area contributed by atoms with Gasteiger partial charge in [-0.05, 0) is 55.3 Å². The molecule has 6 heteroatoms. The minimum absolute atomic E-state index is 0.298. The van der Waals surface area contributed by atoms with Crippen LogP contribution in [0.15, 0.2) is 54.6 Å². The van der Waals surface area contributed by atoms with E-state index < -0.39 is 0 Å². The van der Waals surface area contributed by atoms with Gasteiger partial charge in [0.1, 0.15) is 11.6 Å². The molecule has 0 aliphatic rings. The van der Waals surface area contributed by atoms with E-state index >= 15 is 0 Å². The SMILES string of the molecule is Cc1nn(Cc2cccc(F)c2)c(C)c1NC(=O)/C=C/c1ccc(F)cc1. The molecule has 0 atom stereocenters. The number of rotatable bonds is 5. The summed E-state index contributed by atoms with van der Waals surface area (Å²) in [6.45, 7) is 4.05. The Morgan fingerprint density at radius 2 is 1.85 bits per heavy atom. The molecule has 1 N–H and O–H groups in total. The molecule has 1 amide bonds. The van der Waals surface area contributed by atoms with Crippen LogP contribution in [-0.4, -0.2) is 15.7 Å². The zero-order valence-corrected chi connectivity index (χ0v) is 15.0. The monoisotopic (exact) mass is 367 g/mol. The Morgan fingerprint density at radius 1 is 1.11 bits per heavy atom. The molecule has 0 saturated heterocycles. The summed E-state index contributed by atoms with van der Waals surface area (Å²) in [4.78, 5) is 12.2. The average molecular weight is 367 g/mol. The maximum Gasteiger partial charge on any atom is 0.248 e. The predicted octanol–water partition coefficient (Wildman–Crippen LogP) is 4.48. The number of amides is 1. The Balaban J connectivity index is 1.72. The van der Waals surface area contributed by atoms with Crippen LogP contribution in [0.2, 0.25) is 0 Å². The zero-order chi connectivity index (χ0) is 19.4. The first-order chi connectivity index (χ1) is 12.9. The first-order valence-electron chi connectivity index (χ1n) is 8.45. The molecule has 0 saturated carbocycles. The second kappa shape index (κ2) is 7.95. The standard InChI is InChI=1S/C21H19F2N3O/c1-14-21(24-20(27)11-8-16-6-9-18(22)10-7-16)15(2)26(25-14)13-17-4-3-5-19(23)12-17/h3-12H,13H2,1-2H3,(H,24,27)/b11-8+. The highest BCUT2D eigenvalue weighted by atomic mass is 19.1. The number of anilines is 1. The van der Waals surface area contributed by atoms with Crippen LogP contribution in [0.5, 0.6) is 0 Å². The van der Waals surface area contributed by atoms with Crippen LogP contribution in [0.4, 0.5) is 14.5 Å². The van der Waals surface area contributed by atoms with Crippen molar-refractivity contribution in [1.29, 1.82) is 0 Å². The highest BCUT2D eigenvalue weighted by Gasteiger charge is 2.13. The van der Waals surface area contributed by atoms with E-state index in [0.717, 1.165) is 16.8 Å². The molecule has 27 heavy (non-hydrogen) atoms. The summed E-state index contributed by atoms with van der Waals surface area (Å²) in [5, 5.41) is 7.25. The number of halogens is 2. The molecule has 0 unspecified atom stereocenters. The lowest BCUT2D eigenvalue weighted by Crippen LogP contribution is -2.10. The van der Waals surface area contributed by atoms with Crippen LogP contribution in [-0.2, 0) is 11.3 Å². The average Bonchev–Trinajstić information content (AvgIpc) is 2.89. The summed E-state index contributed by atoms with van der Waals surface area (Å²) in [7, 11) is 0. The van der Waals surface area contributed by atoms with Gasteiger partial charge in [0, 0.05) is 6.08 Å². The van der Waals surface area contributed by atoms with Crippen molar-refractivity contribution < 1.29 is 13.6 Å². The van der Waals surface area contributed by atoms with E-state index in [0.29, 0.717) is 17.9 Å². The van der Waals surface area contributed by atoms with Crippen molar-refractivity contribution in [2.24, 2.45) is 0 Å². The normalized spacial score (nSPS) is 11.1. The van der Waals surface area contributed by atoms with E-state index in [4.69, 9.17) is 0 Å². The zero-order valence-electron chi connectivity index (χ0n) is 15.0. The Labute approximate surface area is 156 Å². The van der Waals surface area contributed by atoms with Gasteiger partial charge in [0.25, 0.3) is 0 Å². The number of carbonyl (C=O) groups excluding carboxylic acids is 1. The van der Waals surface area contributed by atoms with Crippen LogP contribution in [0.25, 0.3) is 6.08 Å². The predicted molar refractivity (Wildman–Crippen MR) is 101 cm³/mol. The lowest BCUT2D eigenvalue weighted by atomic mass is 10.2. The van der Waals surface area contributed by atoms with Gasteiger partial charge in [0.05, 0.1) is 23.6 Å². The summed E-state index contributed by atoms with van der Waals surface area (Å²) in [5.41, 5.74) is 3.59. The van der Waals surface area contributed by atoms with Gasteiger partial charge in [-0.25, -0.2) is 8.78 Å². The second-order valence-corrected chi connectivity index (χ2v) is 6.21. The van der Waals surface area contributed by atoms with Gasteiger partial charge < -0.3 is 5.32 Å². The molecular weight excluding hydrogens is 348 g/mol. The van der Waals surface area contributed by atoms with E-state index in [1.807, 2.05) is 13.0 Å². The van der Waals surface area contributed by atoms with Crippen molar-refractivity contribution in [3.63, 3.8) is 0 Å². The highest BCUT2D eigenvalue weighted by molar-refractivity contribution is 6.02. The first-order valence-corrected chi connectivity index (χ1v) is 8.45. The van der Waals surface area contributed by atoms with E-state index in [1.54, 1.807) is 35.9 Å². The number of hydrogen-bond acceptors (Lipinski definition) is 2. The van der Waals surface area contributed by atoms with Crippen molar-refractivity contribution in [3.8, 4) is 0 Å². The molecule has 138 valence electrons. The van der Waals surface area contributed by atoms with Crippen molar-refractivity contribution in [2.75, 3.05) is 5.32 Å². The molecule has 2 aromatic carbocycles. The Kier molecular flexibility index (Phi) is 5.45. The lowest BCUT2D eigenvalue weighted by molar-refractivity contribution is -0.111. The van der Waals surface area contributed by atoms with E-state index in [9.17, 15) is 13.6 Å². The van der Waals surface area contributed by atoms with Gasteiger partial charge in [-0.2, -0.15) is 5.10 Å². The maximum absolute atomic E-state index is 13.4. The molecule has 1 heterocycles. The number of aryl methyl sites for hydroxylation is 1. The summed E-state index contributed by atoms with van der Waals surface area (Å²) >= 11 is 0. The molecule has 0 aliphatic heterocycles. The third kappa shape index (κ3) is 4.67. The topological polar surface area (TPSA) is 46.9 Å². The second-order valence-electron chi connectivity index (χ2n) is 6.21. The maximum atomic E-state index is 13.4. The van der Waals surface area contributed by atoms with Crippen molar-refractivity contribution in [1.82, 2.24) is 9.78 Å². The van der Waals surface area contributed by atoms with Crippen LogP contribution in [0, 0.1) is 25.5 Å². The smallest absolute Gasteiger partial charge is 0.248 e. The molecule has 0 bridgehead atoms. The first kappa shape index (κ1) is 18.5. The largest absolute Gasteiger partial charge is 0.319 e. The Morgan fingerprint density at radius 3 is 2.56 bits per heavy atom. The number of nitrogens with zero attached hydrogens (tertiary/aromatic N) is 2. The fraction of sp³-hybridized carbons (Fsp3) is 0.143.